The number of aliphatic hydroxyl groups is 1. The molecule has 1 aromatic rings. The number of hydrogen-bond donors (Lipinski definition) is 2. The largest absolute Gasteiger partial charge is 0.497 e. The Hall–Kier alpha value is -1.06. The maximum Gasteiger partial charge on any atom is 0.118 e. The Labute approximate surface area is 116 Å². The molecule has 1 fully saturated rings. The van der Waals surface area contributed by atoms with E-state index in [2.05, 4.69) is 24.4 Å². The van der Waals surface area contributed by atoms with Gasteiger partial charge >= 0.3 is 0 Å². The van der Waals surface area contributed by atoms with Crippen LogP contribution in [-0.4, -0.2) is 31.4 Å². The quantitative estimate of drug-likeness (QED) is 0.829. The molecule has 19 heavy (non-hydrogen) atoms. The second kappa shape index (κ2) is 6.92. The van der Waals surface area contributed by atoms with Gasteiger partial charge < -0.3 is 15.2 Å². The van der Waals surface area contributed by atoms with Crippen molar-refractivity contribution in [2.24, 2.45) is 5.92 Å². The van der Waals surface area contributed by atoms with E-state index in [1.54, 1.807) is 7.11 Å². The standard InChI is InChI=1S/C16H25NO2/c1-12(13-6-8-15(19-2)9-7-13)10-17-11-14-4-3-5-16(14)18/h6-9,12,14,16-18H,3-5,10-11H2,1-2H3/t12-,14+,16-/m1/s1. The van der Waals surface area contributed by atoms with E-state index in [1.807, 2.05) is 12.1 Å². The number of methoxy groups -OCH3 is 1. The first-order chi connectivity index (χ1) is 9.20. The molecule has 1 aromatic carbocycles. The fourth-order valence-corrected chi connectivity index (χ4v) is 2.79. The zero-order valence-electron chi connectivity index (χ0n) is 11.9. The Balaban J connectivity index is 1.75. The molecule has 1 aliphatic carbocycles. The minimum atomic E-state index is -0.0937. The van der Waals surface area contributed by atoms with E-state index in [9.17, 15) is 5.11 Å². The van der Waals surface area contributed by atoms with Crippen molar-refractivity contribution in [2.75, 3.05) is 20.2 Å². The Kier molecular flexibility index (Phi) is 5.23. The van der Waals surface area contributed by atoms with Gasteiger partial charge in [-0.1, -0.05) is 25.5 Å². The molecule has 2 N–H and O–H groups in total. The lowest BCUT2D eigenvalue weighted by Crippen LogP contribution is -2.30. The van der Waals surface area contributed by atoms with Crippen LogP contribution >= 0.6 is 0 Å². The Morgan fingerprint density at radius 2 is 2.05 bits per heavy atom. The van der Waals surface area contributed by atoms with E-state index >= 15 is 0 Å². The molecule has 0 spiro atoms. The summed E-state index contributed by atoms with van der Waals surface area (Å²) in [4.78, 5) is 0. The first kappa shape index (κ1) is 14.4. The summed E-state index contributed by atoms with van der Waals surface area (Å²) in [5.74, 6) is 1.82. The van der Waals surface area contributed by atoms with Gasteiger partial charge in [0.05, 0.1) is 13.2 Å². The summed E-state index contributed by atoms with van der Waals surface area (Å²) < 4.78 is 5.17. The lowest BCUT2D eigenvalue weighted by Gasteiger charge is -2.18. The highest BCUT2D eigenvalue weighted by Gasteiger charge is 2.24. The molecule has 1 aliphatic rings. The average molecular weight is 263 g/mol. The summed E-state index contributed by atoms with van der Waals surface area (Å²) in [5, 5.41) is 13.3. The molecule has 0 aliphatic heterocycles. The van der Waals surface area contributed by atoms with Crippen LogP contribution < -0.4 is 10.1 Å². The highest BCUT2D eigenvalue weighted by Crippen LogP contribution is 2.25. The van der Waals surface area contributed by atoms with Gasteiger partial charge in [-0.3, -0.25) is 0 Å². The fraction of sp³-hybridized carbons (Fsp3) is 0.625. The summed E-state index contributed by atoms with van der Waals surface area (Å²) >= 11 is 0. The average Bonchev–Trinajstić information content (AvgIpc) is 2.84. The van der Waals surface area contributed by atoms with E-state index in [0.29, 0.717) is 11.8 Å². The predicted octanol–water partition coefficient (Wildman–Crippen LogP) is 2.55. The summed E-state index contributed by atoms with van der Waals surface area (Å²) in [6.45, 7) is 4.11. The van der Waals surface area contributed by atoms with E-state index < -0.39 is 0 Å². The molecular weight excluding hydrogens is 238 g/mol. The van der Waals surface area contributed by atoms with Gasteiger partial charge in [-0.05, 0) is 42.4 Å². The number of hydrogen-bond acceptors (Lipinski definition) is 3. The summed E-state index contributed by atoms with van der Waals surface area (Å²) in [5.41, 5.74) is 1.32. The zero-order chi connectivity index (χ0) is 13.7. The molecule has 3 heteroatoms. The van der Waals surface area contributed by atoms with Gasteiger partial charge in [-0.15, -0.1) is 0 Å². The van der Waals surface area contributed by atoms with Gasteiger partial charge in [-0.25, -0.2) is 0 Å². The monoisotopic (exact) mass is 263 g/mol. The third-order valence-electron chi connectivity index (χ3n) is 4.16. The van der Waals surface area contributed by atoms with Crippen molar-refractivity contribution in [2.45, 2.75) is 38.2 Å². The molecule has 3 nitrogen and oxygen atoms in total. The van der Waals surface area contributed by atoms with Crippen molar-refractivity contribution in [3.63, 3.8) is 0 Å². The van der Waals surface area contributed by atoms with Crippen LogP contribution in [0.1, 0.15) is 37.7 Å². The minimum absolute atomic E-state index is 0.0937. The van der Waals surface area contributed by atoms with E-state index in [0.717, 1.165) is 31.7 Å². The molecule has 0 radical (unpaired) electrons. The van der Waals surface area contributed by atoms with Crippen LogP contribution in [0.25, 0.3) is 0 Å². The van der Waals surface area contributed by atoms with Crippen molar-refractivity contribution < 1.29 is 9.84 Å². The molecule has 0 heterocycles. The number of ether oxygens (including phenoxy) is 1. The second-order valence-corrected chi connectivity index (χ2v) is 5.59. The molecule has 0 aromatic heterocycles. The van der Waals surface area contributed by atoms with Crippen LogP contribution in [0, 0.1) is 5.92 Å². The van der Waals surface area contributed by atoms with E-state index in [1.165, 1.54) is 12.0 Å². The molecule has 106 valence electrons. The highest BCUT2D eigenvalue weighted by molar-refractivity contribution is 5.29. The third-order valence-corrected chi connectivity index (χ3v) is 4.16. The number of aliphatic hydroxyl groups excluding tert-OH is 1. The third kappa shape index (κ3) is 3.95. The van der Waals surface area contributed by atoms with Gasteiger partial charge in [0.1, 0.15) is 5.75 Å². The molecule has 3 atom stereocenters. The molecule has 0 unspecified atom stereocenters. The van der Waals surface area contributed by atoms with Crippen LogP contribution in [0.2, 0.25) is 0 Å². The first-order valence-electron chi connectivity index (χ1n) is 7.23. The summed E-state index contributed by atoms with van der Waals surface area (Å²) in [6, 6.07) is 8.25. The fourth-order valence-electron chi connectivity index (χ4n) is 2.79. The van der Waals surface area contributed by atoms with Gasteiger partial charge in [0.2, 0.25) is 0 Å². The molecule has 1 saturated carbocycles. The van der Waals surface area contributed by atoms with Crippen LogP contribution in [0.4, 0.5) is 0 Å². The van der Waals surface area contributed by atoms with Crippen LogP contribution in [0.5, 0.6) is 5.75 Å². The van der Waals surface area contributed by atoms with Gasteiger partial charge in [0, 0.05) is 13.1 Å². The van der Waals surface area contributed by atoms with Gasteiger partial charge in [-0.2, -0.15) is 0 Å². The van der Waals surface area contributed by atoms with Crippen LogP contribution in [0.15, 0.2) is 24.3 Å². The normalized spacial score (nSPS) is 24.4. The summed E-state index contributed by atoms with van der Waals surface area (Å²) in [7, 11) is 1.69. The van der Waals surface area contributed by atoms with Gasteiger partial charge in [0.25, 0.3) is 0 Å². The maximum absolute atomic E-state index is 9.77. The van der Waals surface area contributed by atoms with Gasteiger partial charge in [0.15, 0.2) is 0 Å². The molecular formula is C16H25NO2. The molecule has 0 amide bonds. The highest BCUT2D eigenvalue weighted by atomic mass is 16.5. The van der Waals surface area contributed by atoms with E-state index in [-0.39, 0.29) is 6.10 Å². The van der Waals surface area contributed by atoms with Crippen molar-refractivity contribution in [3.8, 4) is 5.75 Å². The maximum atomic E-state index is 9.77. The van der Waals surface area contributed by atoms with Crippen LogP contribution in [-0.2, 0) is 0 Å². The number of rotatable bonds is 6. The second-order valence-electron chi connectivity index (χ2n) is 5.59. The number of benzene rings is 1. The molecule has 0 saturated heterocycles. The Morgan fingerprint density at radius 3 is 2.63 bits per heavy atom. The van der Waals surface area contributed by atoms with Crippen molar-refractivity contribution >= 4 is 0 Å². The van der Waals surface area contributed by atoms with Crippen molar-refractivity contribution in [1.29, 1.82) is 0 Å². The van der Waals surface area contributed by atoms with Crippen molar-refractivity contribution in [1.82, 2.24) is 5.32 Å². The Bertz CT molecular complexity index is 377. The lowest BCUT2D eigenvalue weighted by molar-refractivity contribution is 0.131. The van der Waals surface area contributed by atoms with Crippen LogP contribution in [0.3, 0.4) is 0 Å². The smallest absolute Gasteiger partial charge is 0.118 e. The lowest BCUT2D eigenvalue weighted by atomic mass is 10.0. The number of nitrogens with one attached hydrogen (secondary N) is 1. The zero-order valence-corrected chi connectivity index (χ0v) is 11.9. The first-order valence-corrected chi connectivity index (χ1v) is 7.23. The topological polar surface area (TPSA) is 41.5 Å². The predicted molar refractivity (Wildman–Crippen MR) is 77.6 cm³/mol. The SMILES string of the molecule is COc1ccc([C@H](C)CNC[C@@H]2CCC[C@H]2O)cc1. The molecule has 0 bridgehead atoms. The molecule has 2 rings (SSSR count). The minimum Gasteiger partial charge on any atom is -0.497 e. The Morgan fingerprint density at radius 1 is 1.32 bits per heavy atom. The van der Waals surface area contributed by atoms with Crippen molar-refractivity contribution in [3.05, 3.63) is 29.8 Å². The summed E-state index contributed by atoms with van der Waals surface area (Å²) in [6.07, 6.45) is 3.20. The van der Waals surface area contributed by atoms with E-state index in [4.69, 9.17) is 4.74 Å².